The summed E-state index contributed by atoms with van der Waals surface area (Å²) in [5, 5.41) is 10.7. The number of oxazole rings is 1. The highest BCUT2D eigenvalue weighted by molar-refractivity contribution is 9.10. The topological polar surface area (TPSA) is 69.2 Å². The number of halogens is 1. The third-order valence-electron chi connectivity index (χ3n) is 2.95. The predicted molar refractivity (Wildman–Crippen MR) is 81.7 cm³/mol. The molecule has 3 aromatic rings. The van der Waals surface area contributed by atoms with E-state index in [0.29, 0.717) is 21.8 Å². The number of hydrogen-bond donors (Lipinski definition) is 0. The maximum atomic E-state index is 10.7. The Bertz CT molecular complexity index is 782. The molecule has 0 fully saturated rings. The average Bonchev–Trinajstić information content (AvgIpc) is 2.90. The minimum absolute atomic E-state index is 0.0349. The van der Waals surface area contributed by atoms with E-state index in [9.17, 15) is 10.1 Å². The molecule has 0 unspecified atom stereocenters. The quantitative estimate of drug-likeness (QED) is 0.511. The summed E-state index contributed by atoms with van der Waals surface area (Å²) in [6.45, 7) is 0. The highest BCUT2D eigenvalue weighted by Crippen LogP contribution is 2.33. The molecule has 1 heterocycles. The van der Waals surface area contributed by atoms with E-state index in [0.717, 1.165) is 5.56 Å². The number of rotatable bonds is 3. The molecule has 0 bridgehead atoms. The molecule has 0 aliphatic carbocycles. The molecule has 5 nitrogen and oxygen atoms in total. The molecule has 0 saturated carbocycles. The summed E-state index contributed by atoms with van der Waals surface area (Å²) in [7, 11) is 0. The molecule has 104 valence electrons. The van der Waals surface area contributed by atoms with Gasteiger partial charge in [-0.25, -0.2) is 4.98 Å². The van der Waals surface area contributed by atoms with Crippen molar-refractivity contribution in [1.82, 2.24) is 4.98 Å². The van der Waals surface area contributed by atoms with Crippen LogP contribution in [0.2, 0.25) is 0 Å². The summed E-state index contributed by atoms with van der Waals surface area (Å²) < 4.78 is 6.36. The summed E-state index contributed by atoms with van der Waals surface area (Å²) in [5.41, 5.74) is 1.63. The zero-order chi connectivity index (χ0) is 14.8. The van der Waals surface area contributed by atoms with Gasteiger partial charge in [0.25, 0.3) is 5.69 Å². The summed E-state index contributed by atoms with van der Waals surface area (Å²) >= 11 is 3.38. The van der Waals surface area contributed by atoms with Gasteiger partial charge in [0.15, 0.2) is 10.4 Å². The van der Waals surface area contributed by atoms with Crippen LogP contribution in [0.1, 0.15) is 0 Å². The van der Waals surface area contributed by atoms with Gasteiger partial charge in [-0.15, -0.1) is 0 Å². The number of nitro benzene ring substituents is 1. The zero-order valence-electron chi connectivity index (χ0n) is 10.7. The van der Waals surface area contributed by atoms with E-state index in [1.807, 2.05) is 30.3 Å². The van der Waals surface area contributed by atoms with Crippen molar-refractivity contribution in [3.05, 3.63) is 69.3 Å². The molecule has 1 aromatic heterocycles. The van der Waals surface area contributed by atoms with Gasteiger partial charge in [-0.3, -0.25) is 10.1 Å². The van der Waals surface area contributed by atoms with E-state index < -0.39 is 4.92 Å². The molecule has 6 heteroatoms. The number of hydrogen-bond acceptors (Lipinski definition) is 4. The Morgan fingerprint density at radius 1 is 1.00 bits per heavy atom. The molecule has 0 saturated heterocycles. The number of benzene rings is 2. The third-order valence-corrected chi connectivity index (χ3v) is 3.48. The third kappa shape index (κ3) is 2.71. The second-order valence-electron chi connectivity index (χ2n) is 4.31. The van der Waals surface area contributed by atoms with E-state index in [-0.39, 0.29) is 5.69 Å². The smallest absolute Gasteiger partial charge is 0.269 e. The molecule has 21 heavy (non-hydrogen) atoms. The monoisotopic (exact) mass is 344 g/mol. The SMILES string of the molecule is O=[N+]([O-])c1ccc(-c2nc(Br)c(-c3ccccc3)o2)cc1. The Morgan fingerprint density at radius 3 is 2.29 bits per heavy atom. The lowest BCUT2D eigenvalue weighted by atomic mass is 10.2. The van der Waals surface area contributed by atoms with Crippen molar-refractivity contribution in [3.8, 4) is 22.8 Å². The van der Waals surface area contributed by atoms with E-state index in [4.69, 9.17) is 4.42 Å². The molecule has 0 aliphatic heterocycles. The molecular formula is C15H9BrN2O3. The van der Waals surface area contributed by atoms with Gasteiger partial charge >= 0.3 is 0 Å². The molecule has 0 N–H and O–H groups in total. The molecular weight excluding hydrogens is 336 g/mol. The first-order chi connectivity index (χ1) is 10.1. The lowest BCUT2D eigenvalue weighted by Crippen LogP contribution is -1.87. The van der Waals surface area contributed by atoms with Gasteiger partial charge in [-0.1, -0.05) is 30.3 Å². The van der Waals surface area contributed by atoms with E-state index in [2.05, 4.69) is 20.9 Å². The number of nitrogens with zero attached hydrogens (tertiary/aromatic N) is 2. The van der Waals surface area contributed by atoms with Gasteiger partial charge in [0.1, 0.15) is 0 Å². The predicted octanol–water partition coefficient (Wildman–Crippen LogP) is 4.68. The van der Waals surface area contributed by atoms with Crippen molar-refractivity contribution in [1.29, 1.82) is 0 Å². The molecule has 0 amide bonds. The van der Waals surface area contributed by atoms with Crippen molar-refractivity contribution in [2.24, 2.45) is 0 Å². The van der Waals surface area contributed by atoms with Crippen LogP contribution in [0.4, 0.5) is 5.69 Å². The lowest BCUT2D eigenvalue weighted by Gasteiger charge is -1.96. The Balaban J connectivity index is 1.99. The van der Waals surface area contributed by atoms with E-state index in [1.165, 1.54) is 12.1 Å². The van der Waals surface area contributed by atoms with Crippen LogP contribution in [0.25, 0.3) is 22.8 Å². The molecule has 0 atom stereocenters. The lowest BCUT2D eigenvalue weighted by molar-refractivity contribution is -0.384. The summed E-state index contributed by atoms with van der Waals surface area (Å²) in [4.78, 5) is 14.5. The van der Waals surface area contributed by atoms with Crippen molar-refractivity contribution >= 4 is 21.6 Å². The van der Waals surface area contributed by atoms with Gasteiger partial charge in [0.05, 0.1) is 4.92 Å². The first-order valence-corrected chi connectivity index (χ1v) is 6.91. The number of nitro groups is 1. The number of aromatic nitrogens is 1. The second kappa shape index (κ2) is 5.49. The van der Waals surface area contributed by atoms with Crippen molar-refractivity contribution < 1.29 is 9.34 Å². The van der Waals surface area contributed by atoms with Gasteiger partial charge in [-0.2, -0.15) is 0 Å². The fourth-order valence-electron chi connectivity index (χ4n) is 1.92. The second-order valence-corrected chi connectivity index (χ2v) is 5.06. The Labute approximate surface area is 128 Å². The Hall–Kier alpha value is -2.47. The van der Waals surface area contributed by atoms with Gasteiger partial charge in [0.2, 0.25) is 5.89 Å². The van der Waals surface area contributed by atoms with Crippen LogP contribution >= 0.6 is 15.9 Å². The zero-order valence-corrected chi connectivity index (χ0v) is 12.3. The maximum Gasteiger partial charge on any atom is 0.269 e. The van der Waals surface area contributed by atoms with Crippen molar-refractivity contribution in [2.45, 2.75) is 0 Å². The van der Waals surface area contributed by atoms with Gasteiger partial charge < -0.3 is 4.42 Å². The van der Waals surface area contributed by atoms with E-state index in [1.54, 1.807) is 12.1 Å². The standard InChI is InChI=1S/C15H9BrN2O3/c16-14-13(10-4-2-1-3-5-10)21-15(17-14)11-6-8-12(9-7-11)18(19)20/h1-9H. The minimum atomic E-state index is -0.440. The van der Waals surface area contributed by atoms with Crippen LogP contribution in [0.3, 0.4) is 0 Å². The molecule has 0 spiro atoms. The summed E-state index contributed by atoms with van der Waals surface area (Å²) in [6, 6.07) is 15.7. The van der Waals surface area contributed by atoms with E-state index >= 15 is 0 Å². The first-order valence-electron chi connectivity index (χ1n) is 6.12. The average molecular weight is 345 g/mol. The van der Waals surface area contributed by atoms with Crippen LogP contribution in [-0.2, 0) is 0 Å². The van der Waals surface area contributed by atoms with Crippen LogP contribution in [0.15, 0.2) is 63.6 Å². The summed E-state index contributed by atoms with van der Waals surface area (Å²) in [5.74, 6) is 1.04. The normalized spacial score (nSPS) is 10.5. The maximum absolute atomic E-state index is 10.7. The van der Waals surface area contributed by atoms with Crippen LogP contribution < -0.4 is 0 Å². The molecule has 0 aliphatic rings. The molecule has 3 rings (SSSR count). The fourth-order valence-corrected chi connectivity index (χ4v) is 2.39. The van der Waals surface area contributed by atoms with Crippen molar-refractivity contribution in [2.75, 3.05) is 0 Å². The first kappa shape index (κ1) is 13.5. The highest BCUT2D eigenvalue weighted by atomic mass is 79.9. The Morgan fingerprint density at radius 2 is 1.67 bits per heavy atom. The van der Waals surface area contributed by atoms with Gasteiger partial charge in [-0.05, 0) is 28.1 Å². The van der Waals surface area contributed by atoms with Crippen molar-refractivity contribution in [3.63, 3.8) is 0 Å². The fraction of sp³-hybridized carbons (Fsp3) is 0. The molecule has 0 radical (unpaired) electrons. The summed E-state index contributed by atoms with van der Waals surface area (Å²) in [6.07, 6.45) is 0. The van der Waals surface area contributed by atoms with Crippen LogP contribution in [-0.4, -0.2) is 9.91 Å². The van der Waals surface area contributed by atoms with Crippen LogP contribution in [0, 0.1) is 10.1 Å². The largest absolute Gasteiger partial charge is 0.435 e. The number of non-ortho nitro benzene ring substituents is 1. The molecule has 2 aromatic carbocycles. The Kier molecular flexibility index (Phi) is 3.53. The minimum Gasteiger partial charge on any atom is -0.435 e. The van der Waals surface area contributed by atoms with Gasteiger partial charge in [0, 0.05) is 23.3 Å². The van der Waals surface area contributed by atoms with Crippen LogP contribution in [0.5, 0.6) is 0 Å². The highest BCUT2D eigenvalue weighted by Gasteiger charge is 2.15.